The molecule has 0 spiro atoms. The highest BCUT2D eigenvalue weighted by atomic mass is 16.5. The number of ether oxygens (including phenoxy) is 2. The molecule has 1 aromatic heterocycles. The molecule has 0 saturated carbocycles. The monoisotopic (exact) mass is 275 g/mol. The summed E-state index contributed by atoms with van der Waals surface area (Å²) in [6.07, 6.45) is 3.09. The zero-order valence-electron chi connectivity index (χ0n) is 10.7. The Hall–Kier alpha value is -2.83. The van der Waals surface area contributed by atoms with Gasteiger partial charge in [-0.05, 0) is 18.2 Å². The van der Waals surface area contributed by atoms with Crippen LogP contribution in [0.2, 0.25) is 0 Å². The first-order chi connectivity index (χ1) is 9.60. The van der Waals surface area contributed by atoms with E-state index >= 15 is 0 Å². The van der Waals surface area contributed by atoms with Crippen LogP contribution in [-0.2, 0) is 11.3 Å². The second-order valence-electron chi connectivity index (χ2n) is 3.91. The van der Waals surface area contributed by atoms with E-state index in [9.17, 15) is 9.90 Å². The van der Waals surface area contributed by atoms with E-state index in [4.69, 9.17) is 10.5 Å². The molecule has 0 amide bonds. The maximum Gasteiger partial charge on any atom is 0.341 e. The van der Waals surface area contributed by atoms with Crippen LogP contribution in [0.3, 0.4) is 0 Å². The van der Waals surface area contributed by atoms with Crippen molar-refractivity contribution < 1.29 is 19.4 Å². The minimum Gasteiger partial charge on any atom is -0.507 e. The van der Waals surface area contributed by atoms with Gasteiger partial charge >= 0.3 is 5.97 Å². The Morgan fingerprint density at radius 1 is 1.35 bits per heavy atom. The van der Waals surface area contributed by atoms with E-state index in [2.05, 4.69) is 14.7 Å². The van der Waals surface area contributed by atoms with Gasteiger partial charge in [0, 0.05) is 18.0 Å². The maximum atomic E-state index is 11.4. The van der Waals surface area contributed by atoms with Crippen molar-refractivity contribution in [2.75, 3.05) is 12.8 Å². The number of nitrogens with two attached hydrogens (primary N) is 1. The minimum atomic E-state index is -0.635. The van der Waals surface area contributed by atoms with Gasteiger partial charge in [-0.15, -0.1) is 0 Å². The zero-order valence-corrected chi connectivity index (χ0v) is 10.7. The smallest absolute Gasteiger partial charge is 0.341 e. The first-order valence-corrected chi connectivity index (χ1v) is 5.70. The summed E-state index contributed by atoms with van der Waals surface area (Å²) in [7, 11) is 1.24. The van der Waals surface area contributed by atoms with Crippen LogP contribution in [0.25, 0.3) is 0 Å². The summed E-state index contributed by atoms with van der Waals surface area (Å²) in [6.45, 7) is 0.214. The number of phenolic OH excluding ortho intramolecular Hbond substituents is 1. The largest absolute Gasteiger partial charge is 0.507 e. The topological polar surface area (TPSA) is 108 Å². The van der Waals surface area contributed by atoms with Crippen molar-refractivity contribution in [1.82, 2.24) is 9.97 Å². The summed E-state index contributed by atoms with van der Waals surface area (Å²) in [5.41, 5.74) is 6.15. The lowest BCUT2D eigenvalue weighted by Gasteiger charge is -2.08. The van der Waals surface area contributed by atoms with Crippen LogP contribution in [0.15, 0.2) is 30.6 Å². The molecular formula is C13H13N3O4. The van der Waals surface area contributed by atoms with E-state index in [0.29, 0.717) is 5.75 Å². The first-order valence-electron chi connectivity index (χ1n) is 5.70. The SMILES string of the molecule is COC(=O)c1cc(OCc2cnc(N)nc2)ccc1O. The van der Waals surface area contributed by atoms with Gasteiger partial charge < -0.3 is 20.3 Å². The number of aromatic nitrogens is 2. The number of benzene rings is 1. The molecule has 0 aliphatic rings. The molecule has 0 unspecified atom stereocenters. The molecule has 7 nitrogen and oxygen atoms in total. The Morgan fingerprint density at radius 3 is 2.70 bits per heavy atom. The van der Waals surface area contributed by atoms with E-state index in [1.54, 1.807) is 18.5 Å². The number of nitrogen functional groups attached to an aromatic ring is 1. The number of hydrogen-bond donors (Lipinski definition) is 2. The number of esters is 1. The second-order valence-corrected chi connectivity index (χ2v) is 3.91. The van der Waals surface area contributed by atoms with Gasteiger partial charge in [0.1, 0.15) is 23.7 Å². The van der Waals surface area contributed by atoms with Crippen LogP contribution in [-0.4, -0.2) is 28.2 Å². The maximum absolute atomic E-state index is 11.4. The Labute approximate surface area is 115 Å². The van der Waals surface area contributed by atoms with Crippen molar-refractivity contribution in [2.24, 2.45) is 0 Å². The van der Waals surface area contributed by atoms with E-state index in [1.165, 1.54) is 19.2 Å². The number of nitrogens with zero attached hydrogens (tertiary/aromatic N) is 2. The molecule has 20 heavy (non-hydrogen) atoms. The lowest BCUT2D eigenvalue weighted by Crippen LogP contribution is -2.03. The first kappa shape index (κ1) is 13.6. The fourth-order valence-electron chi connectivity index (χ4n) is 1.48. The number of aromatic hydroxyl groups is 1. The van der Waals surface area contributed by atoms with Crippen molar-refractivity contribution >= 4 is 11.9 Å². The molecule has 0 fully saturated rings. The molecule has 0 atom stereocenters. The number of carbonyl (C=O) groups excluding carboxylic acids is 1. The third-order valence-corrected chi connectivity index (χ3v) is 2.50. The normalized spacial score (nSPS) is 10.1. The second kappa shape index (κ2) is 5.87. The van der Waals surface area contributed by atoms with Gasteiger partial charge in [0.15, 0.2) is 0 Å². The standard InChI is InChI=1S/C13H13N3O4/c1-19-12(18)10-4-9(2-3-11(10)17)20-7-8-5-15-13(14)16-6-8/h2-6,17H,7H2,1H3,(H2,14,15,16). The van der Waals surface area contributed by atoms with Crippen LogP contribution in [0.5, 0.6) is 11.5 Å². The summed E-state index contributed by atoms with van der Waals surface area (Å²) in [4.78, 5) is 19.1. The summed E-state index contributed by atoms with van der Waals surface area (Å²) >= 11 is 0. The van der Waals surface area contributed by atoms with E-state index in [1.807, 2.05) is 0 Å². The zero-order chi connectivity index (χ0) is 14.5. The molecule has 0 aliphatic heterocycles. The summed E-state index contributed by atoms with van der Waals surface area (Å²) in [5.74, 6) is -0.199. The van der Waals surface area contributed by atoms with Crippen LogP contribution >= 0.6 is 0 Å². The third-order valence-electron chi connectivity index (χ3n) is 2.50. The molecule has 0 bridgehead atoms. The molecule has 7 heteroatoms. The fraction of sp³-hybridized carbons (Fsp3) is 0.154. The summed E-state index contributed by atoms with van der Waals surface area (Å²) in [5, 5.41) is 9.56. The molecule has 0 radical (unpaired) electrons. The average molecular weight is 275 g/mol. The quantitative estimate of drug-likeness (QED) is 0.805. The number of rotatable bonds is 4. The Kier molecular flexibility index (Phi) is 3.99. The fourth-order valence-corrected chi connectivity index (χ4v) is 1.48. The Bertz CT molecular complexity index is 614. The predicted molar refractivity (Wildman–Crippen MR) is 70.2 cm³/mol. The van der Waals surface area contributed by atoms with Crippen LogP contribution in [0.4, 0.5) is 5.95 Å². The number of hydrogen-bond acceptors (Lipinski definition) is 7. The highest BCUT2D eigenvalue weighted by Crippen LogP contribution is 2.24. The van der Waals surface area contributed by atoms with Gasteiger partial charge in [0.25, 0.3) is 0 Å². The summed E-state index contributed by atoms with van der Waals surface area (Å²) < 4.78 is 10.0. The number of anilines is 1. The van der Waals surface area contributed by atoms with Crippen molar-refractivity contribution in [3.63, 3.8) is 0 Å². The Morgan fingerprint density at radius 2 is 2.05 bits per heavy atom. The van der Waals surface area contributed by atoms with Crippen molar-refractivity contribution in [3.05, 3.63) is 41.7 Å². The van der Waals surface area contributed by atoms with Crippen molar-refractivity contribution in [2.45, 2.75) is 6.61 Å². The molecular weight excluding hydrogens is 262 g/mol. The molecule has 2 aromatic rings. The Balaban J connectivity index is 2.10. The number of methoxy groups -OCH3 is 1. The third kappa shape index (κ3) is 3.14. The van der Waals surface area contributed by atoms with Gasteiger partial charge in [-0.3, -0.25) is 0 Å². The molecule has 0 saturated heterocycles. The van der Waals surface area contributed by atoms with Gasteiger partial charge in [-0.25, -0.2) is 14.8 Å². The molecule has 0 aliphatic carbocycles. The van der Waals surface area contributed by atoms with E-state index < -0.39 is 5.97 Å². The van der Waals surface area contributed by atoms with Crippen LogP contribution in [0, 0.1) is 0 Å². The molecule has 104 valence electrons. The van der Waals surface area contributed by atoms with Gasteiger partial charge in [0.2, 0.25) is 5.95 Å². The number of phenols is 1. The van der Waals surface area contributed by atoms with Gasteiger partial charge in [0.05, 0.1) is 7.11 Å². The highest BCUT2D eigenvalue weighted by Gasteiger charge is 2.12. The van der Waals surface area contributed by atoms with Crippen LogP contribution < -0.4 is 10.5 Å². The van der Waals surface area contributed by atoms with E-state index in [-0.39, 0.29) is 23.9 Å². The van der Waals surface area contributed by atoms with Crippen molar-refractivity contribution in [1.29, 1.82) is 0 Å². The van der Waals surface area contributed by atoms with Gasteiger partial charge in [-0.2, -0.15) is 0 Å². The lowest BCUT2D eigenvalue weighted by atomic mass is 10.2. The molecule has 1 heterocycles. The molecule has 3 N–H and O–H groups in total. The summed E-state index contributed by atoms with van der Waals surface area (Å²) in [6, 6.07) is 4.31. The predicted octanol–water partition coefficient (Wildman–Crippen LogP) is 1.13. The highest BCUT2D eigenvalue weighted by molar-refractivity contribution is 5.92. The van der Waals surface area contributed by atoms with Crippen molar-refractivity contribution in [3.8, 4) is 11.5 Å². The lowest BCUT2D eigenvalue weighted by molar-refractivity contribution is 0.0597. The molecule has 1 aromatic carbocycles. The number of carbonyl (C=O) groups is 1. The van der Waals surface area contributed by atoms with Gasteiger partial charge in [-0.1, -0.05) is 0 Å². The average Bonchev–Trinajstić information content (AvgIpc) is 2.47. The van der Waals surface area contributed by atoms with E-state index in [0.717, 1.165) is 5.56 Å². The van der Waals surface area contributed by atoms with Crippen LogP contribution in [0.1, 0.15) is 15.9 Å². The minimum absolute atomic E-state index is 0.0403. The molecule has 2 rings (SSSR count).